The summed E-state index contributed by atoms with van der Waals surface area (Å²) < 4.78 is 1.68. The molecule has 3 aromatic rings. The molecule has 5 rings (SSSR count). The molecule has 2 fully saturated rings. The summed E-state index contributed by atoms with van der Waals surface area (Å²) in [6, 6.07) is 3.92. The number of hydrogen-bond acceptors (Lipinski definition) is 7. The Morgan fingerprint density at radius 1 is 1.22 bits per heavy atom. The van der Waals surface area contributed by atoms with Gasteiger partial charge in [0.25, 0.3) is 0 Å². The molecule has 9 heteroatoms. The number of hydrogen-bond donors (Lipinski definition) is 3. The highest BCUT2D eigenvalue weighted by Crippen LogP contribution is 2.47. The van der Waals surface area contributed by atoms with E-state index in [1.165, 1.54) is 0 Å². The minimum Gasteiger partial charge on any atom is -0.389 e. The second-order valence-electron chi connectivity index (χ2n) is 10.0. The predicted molar refractivity (Wildman–Crippen MR) is 125 cm³/mol. The Morgan fingerprint density at radius 2 is 1.94 bits per heavy atom. The number of nitrogens with one attached hydrogen (secondary N) is 1. The first-order chi connectivity index (χ1) is 15.1. The maximum atomic E-state index is 10.8. The van der Waals surface area contributed by atoms with Gasteiger partial charge in [0.05, 0.1) is 45.9 Å². The van der Waals surface area contributed by atoms with Crippen molar-refractivity contribution in [2.24, 2.45) is 11.8 Å². The van der Waals surface area contributed by atoms with E-state index in [9.17, 15) is 10.2 Å². The summed E-state index contributed by atoms with van der Waals surface area (Å²) in [5, 5.41) is 29.8. The van der Waals surface area contributed by atoms with Gasteiger partial charge in [-0.2, -0.15) is 5.10 Å². The molecule has 2 bridgehead atoms. The molecule has 1 aliphatic carbocycles. The summed E-state index contributed by atoms with van der Waals surface area (Å²) in [6.07, 6.45) is 7.36. The minimum atomic E-state index is -0.847. The fourth-order valence-corrected chi connectivity index (χ4v) is 5.35. The van der Waals surface area contributed by atoms with Crippen molar-refractivity contribution in [3.8, 4) is 0 Å². The Hall–Kier alpha value is -2.42. The van der Waals surface area contributed by atoms with Crippen LogP contribution in [-0.4, -0.2) is 54.3 Å². The average Bonchev–Trinajstić information content (AvgIpc) is 3.13. The van der Waals surface area contributed by atoms with Crippen LogP contribution < -0.4 is 10.2 Å². The van der Waals surface area contributed by atoms with Gasteiger partial charge in [-0.05, 0) is 45.7 Å². The smallest absolute Gasteiger partial charge is 0.227 e. The second kappa shape index (κ2) is 7.57. The summed E-state index contributed by atoms with van der Waals surface area (Å²) >= 11 is 6.64. The third-order valence-electron chi connectivity index (χ3n) is 6.83. The van der Waals surface area contributed by atoms with Gasteiger partial charge >= 0.3 is 0 Å². The van der Waals surface area contributed by atoms with Gasteiger partial charge in [-0.25, -0.2) is 9.97 Å². The van der Waals surface area contributed by atoms with Crippen LogP contribution in [0.15, 0.2) is 30.7 Å². The van der Waals surface area contributed by atoms with Gasteiger partial charge in [-0.3, -0.25) is 4.68 Å². The van der Waals surface area contributed by atoms with Crippen LogP contribution in [0.3, 0.4) is 0 Å². The quantitative estimate of drug-likeness (QED) is 0.539. The van der Waals surface area contributed by atoms with Crippen molar-refractivity contribution in [3.63, 3.8) is 0 Å². The number of aromatic nitrogens is 4. The number of rotatable bonds is 5. The van der Waals surface area contributed by atoms with Crippen molar-refractivity contribution in [2.45, 2.75) is 51.4 Å². The molecule has 0 amide bonds. The highest BCUT2D eigenvalue weighted by Gasteiger charge is 2.49. The number of halogens is 1. The topological polar surface area (TPSA) is 99.3 Å². The maximum absolute atomic E-state index is 10.8. The lowest BCUT2D eigenvalue weighted by atomic mass is 9.82. The van der Waals surface area contributed by atoms with Crippen molar-refractivity contribution in [1.29, 1.82) is 0 Å². The van der Waals surface area contributed by atoms with E-state index < -0.39 is 11.2 Å². The Kier molecular flexibility index (Phi) is 5.07. The molecule has 170 valence electrons. The van der Waals surface area contributed by atoms with Crippen LogP contribution in [0.25, 0.3) is 10.9 Å². The minimum absolute atomic E-state index is 0.260. The zero-order valence-electron chi connectivity index (χ0n) is 18.6. The number of nitrogens with zero attached hydrogens (tertiary/aromatic N) is 5. The molecule has 8 nitrogen and oxygen atoms in total. The summed E-state index contributed by atoms with van der Waals surface area (Å²) in [5.74, 6) is 0.988. The normalized spacial score (nSPS) is 25.5. The van der Waals surface area contributed by atoms with Crippen LogP contribution in [0.2, 0.25) is 5.02 Å². The number of aliphatic hydroxyl groups is 2. The SMILES string of the molecule is CC(C)(O)Cn1cc(Nc2ncc3cc(Cl)c(N4C[C@H]5CC[C@@H](C4)C5(C)O)cc3n2)cn1. The van der Waals surface area contributed by atoms with Crippen LogP contribution >= 0.6 is 11.6 Å². The first-order valence-corrected chi connectivity index (χ1v) is 11.4. The van der Waals surface area contributed by atoms with Crippen LogP contribution in [0.5, 0.6) is 0 Å². The highest BCUT2D eigenvalue weighted by atomic mass is 35.5. The molecule has 3 atom stereocenters. The molecule has 0 radical (unpaired) electrons. The molecule has 1 saturated carbocycles. The summed E-state index contributed by atoms with van der Waals surface area (Å²) in [4.78, 5) is 11.4. The van der Waals surface area contributed by atoms with Crippen molar-refractivity contribution in [1.82, 2.24) is 19.7 Å². The first kappa shape index (κ1) is 21.4. The Balaban J connectivity index is 1.39. The standard InChI is InChI=1S/C23H29ClN6O2/c1-22(2,31)13-30-12-17(9-26-30)27-21-25-8-14-6-18(24)20(7-19(14)28-21)29-10-15-4-5-16(11-29)23(15,3)32/h6-9,12,15-16,31-32H,4-5,10-11,13H2,1-3H3,(H,25,27,28)/t15-,16+,23?. The Bertz CT molecular complexity index is 1140. The third kappa shape index (κ3) is 4.02. The van der Waals surface area contributed by atoms with Gasteiger partial charge in [-0.15, -0.1) is 0 Å². The lowest BCUT2D eigenvalue weighted by molar-refractivity contribution is -0.0271. The molecular formula is C23H29ClN6O2. The van der Waals surface area contributed by atoms with Crippen molar-refractivity contribution < 1.29 is 10.2 Å². The van der Waals surface area contributed by atoms with E-state index in [0.717, 1.165) is 48.2 Å². The Morgan fingerprint density at radius 3 is 2.62 bits per heavy atom. The second-order valence-corrected chi connectivity index (χ2v) is 10.4. The average molecular weight is 457 g/mol. The zero-order chi connectivity index (χ0) is 22.7. The van der Waals surface area contributed by atoms with Crippen molar-refractivity contribution in [2.75, 3.05) is 23.3 Å². The van der Waals surface area contributed by atoms with Crippen LogP contribution in [0, 0.1) is 11.8 Å². The van der Waals surface area contributed by atoms with E-state index in [-0.39, 0.29) is 11.8 Å². The monoisotopic (exact) mass is 456 g/mol. The maximum Gasteiger partial charge on any atom is 0.227 e. The molecule has 0 spiro atoms. The van der Waals surface area contributed by atoms with Crippen molar-refractivity contribution >= 4 is 39.8 Å². The molecule has 2 aromatic heterocycles. The fourth-order valence-electron chi connectivity index (χ4n) is 5.06. The summed E-state index contributed by atoms with van der Waals surface area (Å²) in [5.41, 5.74) is 1.07. The molecule has 1 aromatic carbocycles. The van der Waals surface area contributed by atoms with E-state index in [2.05, 4.69) is 25.3 Å². The van der Waals surface area contributed by atoms with Gasteiger partial charge in [0.2, 0.25) is 5.95 Å². The number of fused-ring (bicyclic) bond motifs is 3. The molecule has 3 heterocycles. The fraction of sp³-hybridized carbons (Fsp3) is 0.522. The van der Waals surface area contributed by atoms with E-state index >= 15 is 0 Å². The molecule has 2 aliphatic rings. The van der Waals surface area contributed by atoms with Crippen molar-refractivity contribution in [3.05, 3.63) is 35.7 Å². The van der Waals surface area contributed by atoms with Crippen LogP contribution in [0.4, 0.5) is 17.3 Å². The van der Waals surface area contributed by atoms with Gasteiger partial charge in [0.15, 0.2) is 0 Å². The Labute approximate surface area is 192 Å². The zero-order valence-corrected chi connectivity index (χ0v) is 19.3. The summed E-state index contributed by atoms with van der Waals surface area (Å²) in [6.45, 7) is 7.44. The highest BCUT2D eigenvalue weighted by molar-refractivity contribution is 6.34. The van der Waals surface area contributed by atoms with E-state index in [1.54, 1.807) is 30.9 Å². The van der Waals surface area contributed by atoms with Gasteiger partial charge in [-0.1, -0.05) is 11.6 Å². The molecule has 1 saturated heterocycles. The molecule has 32 heavy (non-hydrogen) atoms. The molecular weight excluding hydrogens is 428 g/mol. The van der Waals surface area contributed by atoms with Crippen LogP contribution in [-0.2, 0) is 6.54 Å². The lowest BCUT2D eigenvalue weighted by Gasteiger charge is -2.43. The lowest BCUT2D eigenvalue weighted by Crippen LogP contribution is -2.52. The largest absolute Gasteiger partial charge is 0.389 e. The van der Waals surface area contributed by atoms with Crippen LogP contribution in [0.1, 0.15) is 33.6 Å². The number of piperidine rings is 1. The molecule has 3 N–H and O–H groups in total. The molecule has 1 unspecified atom stereocenters. The van der Waals surface area contributed by atoms with Gasteiger partial charge in [0.1, 0.15) is 0 Å². The first-order valence-electron chi connectivity index (χ1n) is 11.0. The van der Waals surface area contributed by atoms with Gasteiger partial charge in [0, 0.05) is 42.7 Å². The summed E-state index contributed by atoms with van der Waals surface area (Å²) in [7, 11) is 0. The third-order valence-corrected chi connectivity index (χ3v) is 7.13. The predicted octanol–water partition coefficient (Wildman–Crippen LogP) is 3.59. The number of benzene rings is 1. The number of anilines is 3. The van der Waals surface area contributed by atoms with E-state index in [0.29, 0.717) is 17.5 Å². The van der Waals surface area contributed by atoms with E-state index in [1.807, 2.05) is 25.3 Å². The molecule has 1 aliphatic heterocycles. The van der Waals surface area contributed by atoms with E-state index in [4.69, 9.17) is 11.6 Å². The van der Waals surface area contributed by atoms with Gasteiger partial charge < -0.3 is 20.4 Å².